The molecule has 2 aromatic carbocycles. The fraction of sp³-hybridized carbons (Fsp3) is 0.333. The largest absolute Gasteiger partial charge is 0.494 e. The van der Waals surface area contributed by atoms with E-state index >= 15 is 0 Å². The maximum absolute atomic E-state index is 5.62. The van der Waals surface area contributed by atoms with Crippen LogP contribution in [0.4, 0.5) is 0 Å². The average Bonchev–Trinajstić information content (AvgIpc) is 2.48. The quantitative estimate of drug-likeness (QED) is 0.805. The molecule has 1 atom stereocenters. The van der Waals surface area contributed by atoms with Crippen molar-refractivity contribution in [1.82, 2.24) is 5.32 Å². The third-order valence-electron chi connectivity index (χ3n) is 3.44. The Hall–Kier alpha value is -1.32. The van der Waals surface area contributed by atoms with Crippen molar-refractivity contribution < 1.29 is 4.74 Å². The Bertz CT molecular complexity index is 598. The van der Waals surface area contributed by atoms with E-state index in [0.29, 0.717) is 6.61 Å². The van der Waals surface area contributed by atoms with Crippen LogP contribution in [-0.2, 0) is 0 Å². The lowest BCUT2D eigenvalue weighted by Crippen LogP contribution is -2.22. The molecule has 0 aliphatic carbocycles. The monoisotopic (exact) mass is 347 g/mol. The highest BCUT2D eigenvalue weighted by molar-refractivity contribution is 9.10. The molecule has 0 radical (unpaired) electrons. The number of ether oxygens (including phenoxy) is 1. The Labute approximate surface area is 135 Å². The van der Waals surface area contributed by atoms with Gasteiger partial charge in [-0.25, -0.2) is 0 Å². The van der Waals surface area contributed by atoms with Gasteiger partial charge in [0.15, 0.2) is 0 Å². The zero-order valence-electron chi connectivity index (χ0n) is 12.8. The molecule has 0 amide bonds. The van der Waals surface area contributed by atoms with Gasteiger partial charge < -0.3 is 10.1 Å². The predicted octanol–water partition coefficient (Wildman–Crippen LogP) is 4.86. The predicted molar refractivity (Wildman–Crippen MR) is 92.0 cm³/mol. The Morgan fingerprint density at radius 2 is 1.86 bits per heavy atom. The fourth-order valence-corrected chi connectivity index (χ4v) is 2.77. The second-order valence-electron chi connectivity index (χ2n) is 5.00. The number of hydrogen-bond acceptors (Lipinski definition) is 2. The molecule has 2 aromatic rings. The summed E-state index contributed by atoms with van der Waals surface area (Å²) in [5.74, 6) is 0.920. The normalized spacial score (nSPS) is 12.2. The summed E-state index contributed by atoms with van der Waals surface area (Å²) in [6.45, 7) is 7.83. The first-order valence-corrected chi connectivity index (χ1v) is 8.17. The molecule has 112 valence electrons. The van der Waals surface area contributed by atoms with E-state index in [-0.39, 0.29) is 6.04 Å². The molecule has 0 aromatic heterocycles. The highest BCUT2D eigenvalue weighted by Gasteiger charge is 2.14. The lowest BCUT2D eigenvalue weighted by molar-refractivity contribution is 0.339. The van der Waals surface area contributed by atoms with E-state index in [1.54, 1.807) is 0 Å². The molecule has 0 aliphatic heterocycles. The van der Waals surface area contributed by atoms with Crippen molar-refractivity contribution >= 4 is 15.9 Å². The van der Waals surface area contributed by atoms with E-state index in [1.165, 1.54) is 16.7 Å². The van der Waals surface area contributed by atoms with Crippen LogP contribution in [0.2, 0.25) is 0 Å². The van der Waals surface area contributed by atoms with Gasteiger partial charge in [-0.1, -0.05) is 47.1 Å². The van der Waals surface area contributed by atoms with Gasteiger partial charge in [-0.2, -0.15) is 0 Å². The molecule has 0 saturated carbocycles. The van der Waals surface area contributed by atoms with Crippen LogP contribution >= 0.6 is 15.9 Å². The van der Waals surface area contributed by atoms with Crippen molar-refractivity contribution in [3.63, 3.8) is 0 Å². The molecule has 0 aliphatic rings. The van der Waals surface area contributed by atoms with Crippen LogP contribution in [0, 0.1) is 6.92 Å². The van der Waals surface area contributed by atoms with Gasteiger partial charge >= 0.3 is 0 Å². The first kappa shape index (κ1) is 16.1. The van der Waals surface area contributed by atoms with Gasteiger partial charge in [-0.15, -0.1) is 0 Å². The van der Waals surface area contributed by atoms with Crippen molar-refractivity contribution in [3.05, 3.63) is 63.6 Å². The Kier molecular flexibility index (Phi) is 5.83. The van der Waals surface area contributed by atoms with Crippen LogP contribution in [0.15, 0.2) is 46.9 Å². The van der Waals surface area contributed by atoms with Crippen LogP contribution in [0.5, 0.6) is 5.75 Å². The van der Waals surface area contributed by atoms with Gasteiger partial charge in [0.2, 0.25) is 0 Å². The molecule has 21 heavy (non-hydrogen) atoms. The molecule has 0 spiro atoms. The summed E-state index contributed by atoms with van der Waals surface area (Å²) in [6, 6.07) is 15.0. The molecule has 0 heterocycles. The van der Waals surface area contributed by atoms with Crippen molar-refractivity contribution in [2.75, 3.05) is 13.2 Å². The fourth-order valence-electron chi connectivity index (χ4n) is 2.37. The molecule has 2 nitrogen and oxygen atoms in total. The summed E-state index contributed by atoms with van der Waals surface area (Å²) in [6.07, 6.45) is 0. The van der Waals surface area contributed by atoms with E-state index in [1.807, 2.05) is 19.1 Å². The van der Waals surface area contributed by atoms with Crippen LogP contribution in [-0.4, -0.2) is 13.2 Å². The summed E-state index contributed by atoms with van der Waals surface area (Å²) < 4.78 is 6.76. The maximum atomic E-state index is 5.62. The van der Waals surface area contributed by atoms with E-state index in [0.717, 1.165) is 16.8 Å². The standard InChI is InChI=1S/C18H22BrNO/c1-4-20-18(15-10-9-13(3)17(19)12-15)14-7-6-8-16(11-14)21-5-2/h6-12,18,20H,4-5H2,1-3H3. The van der Waals surface area contributed by atoms with Gasteiger partial charge in [-0.3, -0.25) is 0 Å². The molecule has 2 rings (SSSR count). The zero-order chi connectivity index (χ0) is 15.2. The minimum Gasteiger partial charge on any atom is -0.494 e. The van der Waals surface area contributed by atoms with Crippen LogP contribution in [0.25, 0.3) is 0 Å². The molecule has 0 fully saturated rings. The Morgan fingerprint density at radius 1 is 1.10 bits per heavy atom. The molecular formula is C18H22BrNO. The number of aryl methyl sites for hydroxylation is 1. The third-order valence-corrected chi connectivity index (χ3v) is 4.29. The van der Waals surface area contributed by atoms with E-state index in [9.17, 15) is 0 Å². The van der Waals surface area contributed by atoms with E-state index < -0.39 is 0 Å². The minimum absolute atomic E-state index is 0.173. The summed E-state index contributed by atoms with van der Waals surface area (Å²) >= 11 is 3.62. The Morgan fingerprint density at radius 3 is 2.52 bits per heavy atom. The van der Waals surface area contributed by atoms with Crippen LogP contribution < -0.4 is 10.1 Å². The number of rotatable bonds is 6. The minimum atomic E-state index is 0.173. The van der Waals surface area contributed by atoms with Crippen LogP contribution in [0.3, 0.4) is 0 Å². The molecule has 0 saturated heterocycles. The average molecular weight is 348 g/mol. The maximum Gasteiger partial charge on any atom is 0.119 e. The van der Waals surface area contributed by atoms with Crippen molar-refractivity contribution in [3.8, 4) is 5.75 Å². The third kappa shape index (κ3) is 4.08. The number of halogens is 1. The SMILES string of the molecule is CCNC(c1cccc(OCC)c1)c1ccc(C)c(Br)c1. The topological polar surface area (TPSA) is 21.3 Å². The van der Waals surface area contributed by atoms with Gasteiger partial charge in [0, 0.05) is 4.47 Å². The summed E-state index contributed by atoms with van der Waals surface area (Å²) in [4.78, 5) is 0. The number of benzene rings is 2. The van der Waals surface area contributed by atoms with Gasteiger partial charge in [0.1, 0.15) is 5.75 Å². The first-order chi connectivity index (χ1) is 10.2. The first-order valence-electron chi connectivity index (χ1n) is 7.37. The second kappa shape index (κ2) is 7.62. The zero-order valence-corrected chi connectivity index (χ0v) is 14.4. The Balaban J connectivity index is 2.37. The van der Waals surface area contributed by atoms with Gasteiger partial charge in [0.25, 0.3) is 0 Å². The number of hydrogen-bond donors (Lipinski definition) is 1. The van der Waals surface area contributed by atoms with E-state index in [2.05, 4.69) is 65.4 Å². The number of nitrogens with one attached hydrogen (secondary N) is 1. The highest BCUT2D eigenvalue weighted by Crippen LogP contribution is 2.28. The highest BCUT2D eigenvalue weighted by atomic mass is 79.9. The lowest BCUT2D eigenvalue weighted by Gasteiger charge is -2.20. The van der Waals surface area contributed by atoms with Gasteiger partial charge in [0.05, 0.1) is 12.6 Å². The summed E-state index contributed by atoms with van der Waals surface area (Å²) in [5, 5.41) is 3.55. The van der Waals surface area contributed by atoms with Crippen molar-refractivity contribution in [2.45, 2.75) is 26.8 Å². The molecule has 1 unspecified atom stereocenters. The molecule has 0 bridgehead atoms. The van der Waals surface area contributed by atoms with Crippen molar-refractivity contribution in [1.29, 1.82) is 0 Å². The smallest absolute Gasteiger partial charge is 0.119 e. The van der Waals surface area contributed by atoms with Crippen LogP contribution in [0.1, 0.15) is 36.6 Å². The second-order valence-corrected chi connectivity index (χ2v) is 5.86. The van der Waals surface area contributed by atoms with E-state index in [4.69, 9.17) is 4.74 Å². The lowest BCUT2D eigenvalue weighted by atomic mass is 9.97. The van der Waals surface area contributed by atoms with Gasteiger partial charge in [-0.05, 0) is 55.3 Å². The molecule has 3 heteroatoms. The summed E-state index contributed by atoms with van der Waals surface area (Å²) in [7, 11) is 0. The molecular weight excluding hydrogens is 326 g/mol. The summed E-state index contributed by atoms with van der Waals surface area (Å²) in [5.41, 5.74) is 3.72. The van der Waals surface area contributed by atoms with Crippen molar-refractivity contribution in [2.24, 2.45) is 0 Å². The molecule has 1 N–H and O–H groups in total.